The molecule has 0 aliphatic carbocycles. The maximum Gasteiger partial charge on any atom is 0.330 e. The van der Waals surface area contributed by atoms with E-state index in [1.807, 2.05) is 0 Å². The van der Waals surface area contributed by atoms with Gasteiger partial charge in [0.05, 0.1) is 12.0 Å². The molecule has 4 N–H and O–H groups in total. The third kappa shape index (κ3) is 4.70. The number of nitrogens with two attached hydrogens (primary N) is 1. The molecule has 11 heteroatoms. The van der Waals surface area contributed by atoms with E-state index in [1.54, 1.807) is 0 Å². The van der Waals surface area contributed by atoms with Gasteiger partial charge >= 0.3 is 18.3 Å². The predicted octanol–water partition coefficient (Wildman–Crippen LogP) is 0.396. The van der Waals surface area contributed by atoms with Gasteiger partial charge in [0.1, 0.15) is 24.9 Å². The van der Waals surface area contributed by atoms with Crippen LogP contribution in [0.4, 0.5) is 23.4 Å². The zero-order valence-electron chi connectivity index (χ0n) is 10.4. The smallest absolute Gasteiger partial charge is 0.330 e. The Hall–Kier alpha value is -2.17. The summed E-state index contributed by atoms with van der Waals surface area (Å²) in [4.78, 5) is 27.6. The number of aromatic nitrogens is 2. The van der Waals surface area contributed by atoms with Gasteiger partial charge in [0.25, 0.3) is 5.56 Å². The SMILES string of the molecule is Nc1nc(COCC(F)(F)C(F)F)[nH]c(=O)c1CC(=O)O. The summed E-state index contributed by atoms with van der Waals surface area (Å²) in [6.07, 6.45) is -4.55. The molecule has 0 aliphatic rings. The zero-order chi connectivity index (χ0) is 16.2. The van der Waals surface area contributed by atoms with Crippen molar-refractivity contribution in [2.45, 2.75) is 25.4 Å². The van der Waals surface area contributed by atoms with Crippen LogP contribution in [0, 0.1) is 0 Å². The first-order valence-electron chi connectivity index (χ1n) is 5.46. The van der Waals surface area contributed by atoms with Gasteiger partial charge in [-0.25, -0.2) is 13.8 Å². The number of aliphatic carboxylic acids is 1. The topological polar surface area (TPSA) is 118 Å². The molecule has 1 aromatic heterocycles. The van der Waals surface area contributed by atoms with E-state index >= 15 is 0 Å². The van der Waals surface area contributed by atoms with Crippen LogP contribution in [0.2, 0.25) is 0 Å². The average Bonchev–Trinajstić information content (AvgIpc) is 2.33. The van der Waals surface area contributed by atoms with Gasteiger partial charge in [0.15, 0.2) is 0 Å². The van der Waals surface area contributed by atoms with Crippen LogP contribution in [-0.4, -0.2) is 40.0 Å². The maximum absolute atomic E-state index is 12.6. The number of aromatic amines is 1. The molecule has 0 amide bonds. The van der Waals surface area contributed by atoms with Gasteiger partial charge in [-0.15, -0.1) is 0 Å². The number of carboxylic acids is 1. The molecule has 0 saturated carbocycles. The second-order valence-electron chi connectivity index (χ2n) is 4.00. The van der Waals surface area contributed by atoms with Crippen LogP contribution in [0.5, 0.6) is 0 Å². The Morgan fingerprint density at radius 2 is 2.10 bits per heavy atom. The summed E-state index contributed by atoms with van der Waals surface area (Å²) in [5.74, 6) is -6.32. The second-order valence-corrected chi connectivity index (χ2v) is 4.00. The highest BCUT2D eigenvalue weighted by molar-refractivity contribution is 5.71. The van der Waals surface area contributed by atoms with E-state index in [2.05, 4.69) is 14.7 Å². The number of alkyl halides is 4. The Balaban J connectivity index is 2.74. The molecule has 0 spiro atoms. The Bertz CT molecular complexity index is 576. The zero-order valence-corrected chi connectivity index (χ0v) is 10.4. The fraction of sp³-hybridized carbons (Fsp3) is 0.500. The van der Waals surface area contributed by atoms with Gasteiger partial charge in [-0.05, 0) is 0 Å². The van der Waals surface area contributed by atoms with Crippen molar-refractivity contribution in [3.8, 4) is 0 Å². The monoisotopic (exact) mass is 313 g/mol. The summed E-state index contributed by atoms with van der Waals surface area (Å²) in [5, 5.41) is 8.55. The number of nitrogens with zero attached hydrogens (tertiary/aromatic N) is 1. The molecule has 0 fully saturated rings. The summed E-state index contributed by atoms with van der Waals surface area (Å²) < 4.78 is 53.2. The molecule has 0 saturated heterocycles. The largest absolute Gasteiger partial charge is 0.481 e. The average molecular weight is 313 g/mol. The number of hydrogen-bond donors (Lipinski definition) is 3. The van der Waals surface area contributed by atoms with Crippen molar-refractivity contribution in [1.29, 1.82) is 0 Å². The van der Waals surface area contributed by atoms with Gasteiger partial charge in [0.2, 0.25) is 0 Å². The minimum Gasteiger partial charge on any atom is -0.481 e. The summed E-state index contributed by atoms with van der Waals surface area (Å²) in [6.45, 7) is -2.25. The van der Waals surface area contributed by atoms with Crippen molar-refractivity contribution < 1.29 is 32.2 Å². The molecule has 0 aromatic carbocycles. The lowest BCUT2D eigenvalue weighted by atomic mass is 10.2. The van der Waals surface area contributed by atoms with Crippen LogP contribution in [0.3, 0.4) is 0 Å². The summed E-state index contributed by atoms with van der Waals surface area (Å²) in [6, 6.07) is 0. The summed E-state index contributed by atoms with van der Waals surface area (Å²) >= 11 is 0. The molecule has 0 atom stereocenters. The number of ether oxygens (including phenoxy) is 1. The highest BCUT2D eigenvalue weighted by Gasteiger charge is 2.41. The molecular formula is C10H11F4N3O4. The Morgan fingerprint density at radius 1 is 1.48 bits per heavy atom. The molecule has 0 radical (unpaired) electrons. The Labute approximate surface area is 114 Å². The second kappa shape index (κ2) is 6.52. The van der Waals surface area contributed by atoms with Crippen LogP contribution in [0.15, 0.2) is 4.79 Å². The quantitative estimate of drug-likeness (QED) is 0.627. The maximum atomic E-state index is 12.6. The molecule has 0 aliphatic heterocycles. The first-order chi connectivity index (χ1) is 9.63. The molecule has 0 unspecified atom stereocenters. The first kappa shape index (κ1) is 16.9. The van der Waals surface area contributed by atoms with Crippen molar-refractivity contribution in [3.05, 3.63) is 21.7 Å². The van der Waals surface area contributed by atoms with Crippen LogP contribution >= 0.6 is 0 Å². The fourth-order valence-electron chi connectivity index (χ4n) is 1.30. The van der Waals surface area contributed by atoms with Gasteiger partial charge in [-0.2, -0.15) is 8.78 Å². The summed E-state index contributed by atoms with van der Waals surface area (Å²) in [5.41, 5.74) is 4.19. The van der Waals surface area contributed by atoms with Gasteiger partial charge in [0, 0.05) is 0 Å². The highest BCUT2D eigenvalue weighted by Crippen LogP contribution is 2.23. The molecule has 0 bridgehead atoms. The van der Waals surface area contributed by atoms with E-state index in [9.17, 15) is 27.2 Å². The van der Waals surface area contributed by atoms with Gasteiger partial charge in [-0.1, -0.05) is 0 Å². The number of carbonyl (C=O) groups is 1. The predicted molar refractivity (Wildman–Crippen MR) is 61.2 cm³/mol. The lowest BCUT2D eigenvalue weighted by Crippen LogP contribution is -2.32. The van der Waals surface area contributed by atoms with Crippen molar-refractivity contribution in [1.82, 2.24) is 9.97 Å². The number of carboxylic acid groups (broad SMARTS) is 1. The van der Waals surface area contributed by atoms with Crippen LogP contribution in [0.25, 0.3) is 0 Å². The number of nitrogens with one attached hydrogen (secondary N) is 1. The number of H-pyrrole nitrogens is 1. The minimum absolute atomic E-state index is 0.281. The van der Waals surface area contributed by atoms with E-state index in [4.69, 9.17) is 10.8 Å². The van der Waals surface area contributed by atoms with E-state index in [-0.39, 0.29) is 11.4 Å². The molecular weight excluding hydrogens is 302 g/mol. The highest BCUT2D eigenvalue weighted by atomic mass is 19.3. The van der Waals surface area contributed by atoms with Crippen LogP contribution in [-0.2, 0) is 22.6 Å². The number of nitrogen functional groups attached to an aromatic ring is 1. The van der Waals surface area contributed by atoms with E-state index in [0.29, 0.717) is 0 Å². The fourth-order valence-corrected chi connectivity index (χ4v) is 1.30. The number of hydrogen-bond acceptors (Lipinski definition) is 5. The van der Waals surface area contributed by atoms with E-state index < -0.39 is 49.3 Å². The molecule has 118 valence electrons. The van der Waals surface area contributed by atoms with Crippen molar-refractivity contribution >= 4 is 11.8 Å². The minimum atomic E-state index is -4.32. The van der Waals surface area contributed by atoms with E-state index in [1.165, 1.54) is 0 Å². The first-order valence-corrected chi connectivity index (χ1v) is 5.46. The standard InChI is InChI=1S/C10H11F4N3O4/c11-9(12)10(13,14)3-21-2-5-16-7(15)4(1-6(18)19)8(20)17-5/h9H,1-3H2,(H,18,19)(H3,15,16,17,20). The number of anilines is 1. The van der Waals surface area contributed by atoms with Gasteiger partial charge in [-0.3, -0.25) is 9.59 Å². The summed E-state index contributed by atoms with van der Waals surface area (Å²) in [7, 11) is 0. The van der Waals surface area contributed by atoms with Crippen LogP contribution < -0.4 is 11.3 Å². The lowest BCUT2D eigenvalue weighted by Gasteiger charge is -2.15. The number of halogens is 4. The van der Waals surface area contributed by atoms with Crippen molar-refractivity contribution in [2.24, 2.45) is 0 Å². The third-order valence-electron chi connectivity index (χ3n) is 2.28. The number of rotatable bonds is 7. The lowest BCUT2D eigenvalue weighted by molar-refractivity contribution is -0.168. The van der Waals surface area contributed by atoms with E-state index in [0.717, 1.165) is 0 Å². The molecule has 1 rings (SSSR count). The Kier molecular flexibility index (Phi) is 5.24. The molecule has 7 nitrogen and oxygen atoms in total. The Morgan fingerprint density at radius 3 is 2.57 bits per heavy atom. The normalized spacial score (nSPS) is 11.9. The van der Waals surface area contributed by atoms with Gasteiger partial charge < -0.3 is 20.6 Å². The van der Waals surface area contributed by atoms with Crippen molar-refractivity contribution in [3.63, 3.8) is 0 Å². The molecule has 1 heterocycles. The molecule has 21 heavy (non-hydrogen) atoms. The van der Waals surface area contributed by atoms with Crippen molar-refractivity contribution in [2.75, 3.05) is 12.3 Å². The molecule has 1 aromatic rings. The third-order valence-corrected chi connectivity index (χ3v) is 2.28. The van der Waals surface area contributed by atoms with Crippen LogP contribution in [0.1, 0.15) is 11.4 Å².